The first-order valence-electron chi connectivity index (χ1n) is 7.60. The molecule has 0 aliphatic heterocycles. The largest absolute Gasteiger partial charge is 0.483 e. The fourth-order valence-electron chi connectivity index (χ4n) is 2.02. The predicted octanol–water partition coefficient (Wildman–Crippen LogP) is 2.80. The Kier molecular flexibility index (Phi) is 6.89. The van der Waals surface area contributed by atoms with E-state index >= 15 is 0 Å². The van der Waals surface area contributed by atoms with Gasteiger partial charge in [-0.1, -0.05) is 32.0 Å². The zero-order chi connectivity index (χ0) is 16.7. The molecule has 5 heteroatoms. The summed E-state index contributed by atoms with van der Waals surface area (Å²) in [6, 6.07) is 7.21. The Morgan fingerprint density at radius 2 is 1.86 bits per heavy atom. The molecule has 0 aliphatic carbocycles. The van der Waals surface area contributed by atoms with Crippen LogP contribution in [0.1, 0.15) is 45.6 Å². The summed E-state index contributed by atoms with van der Waals surface area (Å²) in [5, 5.41) is 11.6. The van der Waals surface area contributed by atoms with Crippen molar-refractivity contribution >= 4 is 11.9 Å². The van der Waals surface area contributed by atoms with E-state index in [1.165, 1.54) is 0 Å². The number of carbonyl (C=O) groups is 2. The molecular formula is C17H25NO4. The Hall–Kier alpha value is -2.04. The normalized spacial score (nSPS) is 14.7. The summed E-state index contributed by atoms with van der Waals surface area (Å²) >= 11 is 0. The molecule has 0 radical (unpaired) electrons. The van der Waals surface area contributed by atoms with E-state index < -0.39 is 17.9 Å². The average Bonchev–Trinajstić information content (AvgIpc) is 2.51. The third kappa shape index (κ3) is 5.06. The number of nitrogens with one attached hydrogen (secondary N) is 1. The van der Waals surface area contributed by atoms with E-state index in [2.05, 4.69) is 19.2 Å². The van der Waals surface area contributed by atoms with Crippen LogP contribution in [0.25, 0.3) is 0 Å². The minimum Gasteiger partial charge on any atom is -0.483 e. The van der Waals surface area contributed by atoms with Gasteiger partial charge in [0.25, 0.3) is 5.91 Å². The van der Waals surface area contributed by atoms with Gasteiger partial charge < -0.3 is 15.2 Å². The summed E-state index contributed by atoms with van der Waals surface area (Å²) in [6.07, 6.45) is 0.986. The van der Waals surface area contributed by atoms with E-state index in [-0.39, 0.29) is 12.5 Å². The molecule has 3 atom stereocenters. The van der Waals surface area contributed by atoms with Crippen molar-refractivity contribution in [1.29, 1.82) is 0 Å². The summed E-state index contributed by atoms with van der Waals surface area (Å²) in [5.41, 5.74) is 1.07. The first-order valence-corrected chi connectivity index (χ1v) is 7.60. The molecule has 1 aromatic rings. The summed E-state index contributed by atoms with van der Waals surface area (Å²) in [4.78, 5) is 22.7. The molecule has 0 saturated carbocycles. The molecular weight excluding hydrogens is 282 g/mol. The molecule has 1 aromatic carbocycles. The molecule has 0 heterocycles. The highest BCUT2D eigenvalue weighted by atomic mass is 16.5. The zero-order valence-electron chi connectivity index (χ0n) is 13.6. The van der Waals surface area contributed by atoms with Gasteiger partial charge in [-0.3, -0.25) is 9.59 Å². The summed E-state index contributed by atoms with van der Waals surface area (Å²) < 4.78 is 5.60. The Bertz CT molecular complexity index is 515. The van der Waals surface area contributed by atoms with E-state index in [1.807, 2.05) is 24.3 Å². The Labute approximate surface area is 131 Å². The molecule has 1 amide bonds. The van der Waals surface area contributed by atoms with E-state index in [0.29, 0.717) is 11.7 Å². The second kappa shape index (κ2) is 8.41. The third-order valence-electron chi connectivity index (χ3n) is 3.95. The molecule has 1 rings (SSSR count). The number of carboxylic acid groups (broad SMARTS) is 1. The van der Waals surface area contributed by atoms with Gasteiger partial charge in [0.2, 0.25) is 0 Å². The molecule has 0 fully saturated rings. The second-order valence-corrected chi connectivity index (χ2v) is 5.62. The van der Waals surface area contributed by atoms with Gasteiger partial charge in [0.15, 0.2) is 6.61 Å². The van der Waals surface area contributed by atoms with Crippen molar-refractivity contribution in [3.8, 4) is 5.75 Å². The van der Waals surface area contributed by atoms with Gasteiger partial charge in [0, 0.05) is 6.04 Å². The van der Waals surface area contributed by atoms with Gasteiger partial charge in [-0.05, 0) is 37.8 Å². The number of para-hydroxylation sites is 1. The van der Waals surface area contributed by atoms with Crippen LogP contribution in [0.4, 0.5) is 0 Å². The lowest BCUT2D eigenvalue weighted by Gasteiger charge is -2.19. The maximum atomic E-state index is 11.9. The fraction of sp³-hybridized carbons (Fsp3) is 0.529. The van der Waals surface area contributed by atoms with Gasteiger partial charge in [-0.25, -0.2) is 0 Å². The highest BCUT2D eigenvalue weighted by Gasteiger charge is 2.21. The second-order valence-electron chi connectivity index (χ2n) is 5.62. The van der Waals surface area contributed by atoms with Crippen LogP contribution in [0.5, 0.6) is 5.75 Å². The highest BCUT2D eigenvalue weighted by Crippen LogP contribution is 2.28. The van der Waals surface area contributed by atoms with Crippen LogP contribution in [0.2, 0.25) is 0 Å². The van der Waals surface area contributed by atoms with Gasteiger partial charge in [0.1, 0.15) is 5.75 Å². The van der Waals surface area contributed by atoms with Crippen molar-refractivity contribution in [2.75, 3.05) is 6.61 Å². The monoisotopic (exact) mass is 307 g/mol. The minimum absolute atomic E-state index is 0.121. The van der Waals surface area contributed by atoms with Crippen molar-refractivity contribution in [2.45, 2.75) is 46.1 Å². The average molecular weight is 307 g/mol. The maximum Gasteiger partial charge on any atom is 0.308 e. The number of rotatable bonds is 8. The number of amides is 1. The van der Waals surface area contributed by atoms with Crippen LogP contribution in [0.15, 0.2) is 24.3 Å². The van der Waals surface area contributed by atoms with E-state index in [1.54, 1.807) is 13.8 Å². The Balaban J connectivity index is 2.60. The van der Waals surface area contributed by atoms with Crippen molar-refractivity contribution < 1.29 is 19.4 Å². The quantitative estimate of drug-likeness (QED) is 0.774. The van der Waals surface area contributed by atoms with Crippen LogP contribution in [0.3, 0.4) is 0 Å². The molecule has 0 saturated heterocycles. The SMILES string of the molecule is CCC(C)c1ccccc1OCC(=O)NC(C)C(C)C(=O)O. The standard InChI is InChI=1S/C17H25NO4/c1-5-11(2)14-8-6-7-9-15(14)22-10-16(19)18-13(4)12(3)17(20)21/h6-9,11-13H,5,10H2,1-4H3,(H,18,19)(H,20,21). The molecule has 3 unspecified atom stereocenters. The summed E-state index contributed by atoms with van der Waals surface area (Å²) in [5.74, 6) is -0.845. The van der Waals surface area contributed by atoms with Gasteiger partial charge in [0.05, 0.1) is 5.92 Å². The third-order valence-corrected chi connectivity index (χ3v) is 3.95. The lowest BCUT2D eigenvalue weighted by Crippen LogP contribution is -2.42. The molecule has 0 aliphatic rings. The summed E-state index contributed by atoms with van der Waals surface area (Å²) in [7, 11) is 0. The van der Waals surface area contributed by atoms with Crippen molar-refractivity contribution in [3.63, 3.8) is 0 Å². The first kappa shape index (κ1) is 18.0. The molecule has 0 aromatic heterocycles. The van der Waals surface area contributed by atoms with Crippen LogP contribution in [0, 0.1) is 5.92 Å². The number of carbonyl (C=O) groups excluding carboxylic acids is 1. The van der Waals surface area contributed by atoms with Gasteiger partial charge in [-0.15, -0.1) is 0 Å². The fourth-order valence-corrected chi connectivity index (χ4v) is 2.02. The molecule has 2 N–H and O–H groups in total. The van der Waals surface area contributed by atoms with Crippen molar-refractivity contribution in [1.82, 2.24) is 5.32 Å². The minimum atomic E-state index is -0.934. The topological polar surface area (TPSA) is 75.6 Å². The predicted molar refractivity (Wildman–Crippen MR) is 85.0 cm³/mol. The van der Waals surface area contributed by atoms with Crippen molar-refractivity contribution in [2.24, 2.45) is 5.92 Å². The van der Waals surface area contributed by atoms with Gasteiger partial charge in [-0.2, -0.15) is 0 Å². The van der Waals surface area contributed by atoms with Crippen molar-refractivity contribution in [3.05, 3.63) is 29.8 Å². The summed E-state index contributed by atoms with van der Waals surface area (Å²) in [6.45, 7) is 7.32. The van der Waals surface area contributed by atoms with Gasteiger partial charge >= 0.3 is 5.97 Å². The smallest absolute Gasteiger partial charge is 0.308 e. The maximum absolute atomic E-state index is 11.9. The number of carboxylic acids is 1. The molecule has 0 spiro atoms. The van der Waals surface area contributed by atoms with Crippen LogP contribution in [-0.2, 0) is 9.59 Å². The molecule has 22 heavy (non-hydrogen) atoms. The van der Waals surface area contributed by atoms with E-state index in [9.17, 15) is 9.59 Å². The number of hydrogen-bond donors (Lipinski definition) is 2. The molecule has 0 bridgehead atoms. The number of benzene rings is 1. The number of hydrogen-bond acceptors (Lipinski definition) is 3. The molecule has 122 valence electrons. The zero-order valence-corrected chi connectivity index (χ0v) is 13.6. The lowest BCUT2D eigenvalue weighted by atomic mass is 9.98. The van der Waals surface area contributed by atoms with E-state index in [0.717, 1.165) is 12.0 Å². The number of ether oxygens (including phenoxy) is 1. The molecule has 5 nitrogen and oxygen atoms in total. The first-order chi connectivity index (χ1) is 10.4. The van der Waals surface area contributed by atoms with Crippen LogP contribution in [-0.4, -0.2) is 29.6 Å². The number of aliphatic carboxylic acids is 1. The van der Waals surface area contributed by atoms with Crippen LogP contribution >= 0.6 is 0 Å². The Morgan fingerprint density at radius 3 is 2.45 bits per heavy atom. The highest BCUT2D eigenvalue weighted by molar-refractivity contribution is 5.79. The van der Waals surface area contributed by atoms with Crippen LogP contribution < -0.4 is 10.1 Å². The Morgan fingerprint density at radius 1 is 1.23 bits per heavy atom. The van der Waals surface area contributed by atoms with E-state index in [4.69, 9.17) is 9.84 Å². The lowest BCUT2D eigenvalue weighted by molar-refractivity contribution is -0.142.